The van der Waals surface area contributed by atoms with Crippen LogP contribution in [0.1, 0.15) is 45.2 Å². The lowest BCUT2D eigenvalue weighted by atomic mass is 9.89. The summed E-state index contributed by atoms with van der Waals surface area (Å²) in [7, 11) is 0. The zero-order valence-corrected chi connectivity index (χ0v) is 18.7. The zero-order chi connectivity index (χ0) is 22.0. The molecule has 0 spiro atoms. The second-order valence-corrected chi connectivity index (χ2v) is 9.15. The van der Waals surface area contributed by atoms with Crippen LogP contribution in [0.2, 0.25) is 0 Å². The van der Waals surface area contributed by atoms with Crippen LogP contribution in [0.25, 0.3) is 5.76 Å². The van der Waals surface area contributed by atoms with Gasteiger partial charge in [-0.3, -0.25) is 0 Å². The third-order valence-electron chi connectivity index (χ3n) is 6.32. The second kappa shape index (κ2) is 8.58. The van der Waals surface area contributed by atoms with Gasteiger partial charge in [0.05, 0.1) is 6.04 Å². The molecule has 0 radical (unpaired) electrons. The van der Waals surface area contributed by atoms with Gasteiger partial charge in [0.1, 0.15) is 23.1 Å². The molecule has 0 saturated heterocycles. The van der Waals surface area contributed by atoms with E-state index in [0.717, 1.165) is 34.6 Å². The fraction of sp³-hybridized carbons (Fsp3) is 0.385. The highest BCUT2D eigenvalue weighted by Crippen LogP contribution is 2.36. The van der Waals surface area contributed by atoms with Crippen molar-refractivity contribution >= 4 is 5.76 Å². The molecule has 0 fully saturated rings. The summed E-state index contributed by atoms with van der Waals surface area (Å²) in [5.74, 6) is 2.44. The molecule has 3 aliphatic heterocycles. The van der Waals surface area contributed by atoms with E-state index in [-0.39, 0.29) is 12.1 Å². The Morgan fingerprint density at radius 2 is 1.84 bits per heavy atom. The molecule has 5 heteroatoms. The molecule has 2 unspecified atom stereocenters. The Morgan fingerprint density at radius 3 is 2.55 bits per heavy atom. The van der Waals surface area contributed by atoms with Gasteiger partial charge in [-0.1, -0.05) is 55.8 Å². The summed E-state index contributed by atoms with van der Waals surface area (Å²) in [5.41, 5.74) is 3.74. The van der Waals surface area contributed by atoms with E-state index in [0.29, 0.717) is 5.92 Å². The van der Waals surface area contributed by atoms with Crippen molar-refractivity contribution in [2.75, 3.05) is 0 Å². The zero-order valence-electron chi connectivity index (χ0n) is 18.7. The van der Waals surface area contributed by atoms with Crippen LogP contribution in [0.5, 0.6) is 0 Å². The molecule has 0 amide bonds. The SMILES string of the molecule is CC[C@@H](C)Cc1ccc(C2=CC3NC=CC(C4=CC(C(C)(C)N=O)NC=C4)=C3O2)cc1. The van der Waals surface area contributed by atoms with E-state index < -0.39 is 5.54 Å². The number of nitrogens with one attached hydrogen (secondary N) is 2. The quantitative estimate of drug-likeness (QED) is 0.588. The fourth-order valence-electron chi connectivity index (χ4n) is 4.02. The number of ether oxygens (including phenoxy) is 1. The number of hydrogen-bond acceptors (Lipinski definition) is 5. The first-order valence-electron chi connectivity index (χ1n) is 11.1. The largest absolute Gasteiger partial charge is 0.458 e. The third kappa shape index (κ3) is 4.36. The Morgan fingerprint density at radius 1 is 1.10 bits per heavy atom. The number of allylic oxidation sites excluding steroid dienone is 4. The van der Waals surface area contributed by atoms with Crippen molar-refractivity contribution in [3.63, 3.8) is 0 Å². The van der Waals surface area contributed by atoms with Crippen molar-refractivity contribution < 1.29 is 4.74 Å². The van der Waals surface area contributed by atoms with Crippen LogP contribution in [-0.4, -0.2) is 17.6 Å². The molecule has 1 aromatic rings. The van der Waals surface area contributed by atoms with Gasteiger partial charge in [0.25, 0.3) is 0 Å². The van der Waals surface area contributed by atoms with Gasteiger partial charge < -0.3 is 15.4 Å². The summed E-state index contributed by atoms with van der Waals surface area (Å²) >= 11 is 0. The molecule has 4 rings (SSSR count). The Hall–Kier alpha value is -3.08. The summed E-state index contributed by atoms with van der Waals surface area (Å²) in [6.07, 6.45) is 14.3. The van der Waals surface area contributed by atoms with E-state index in [9.17, 15) is 4.91 Å². The summed E-state index contributed by atoms with van der Waals surface area (Å²) < 4.78 is 6.35. The highest BCUT2D eigenvalue weighted by Gasteiger charge is 2.33. The van der Waals surface area contributed by atoms with E-state index in [1.165, 1.54) is 12.0 Å². The Labute approximate surface area is 184 Å². The molecule has 3 atom stereocenters. The summed E-state index contributed by atoms with van der Waals surface area (Å²) in [5, 5.41) is 9.90. The lowest BCUT2D eigenvalue weighted by molar-refractivity contribution is 0.371. The van der Waals surface area contributed by atoms with Crippen molar-refractivity contribution in [1.82, 2.24) is 10.6 Å². The normalized spacial score (nSPS) is 23.2. The number of nitrogens with zero attached hydrogens (tertiary/aromatic N) is 1. The molecule has 0 aliphatic carbocycles. The number of nitroso groups, excluding NO2 is 1. The summed E-state index contributed by atoms with van der Waals surface area (Å²) in [6.45, 7) is 8.19. The number of rotatable bonds is 7. The molecule has 1 aromatic carbocycles. The van der Waals surface area contributed by atoms with E-state index >= 15 is 0 Å². The molecule has 0 saturated carbocycles. The van der Waals surface area contributed by atoms with Crippen molar-refractivity contribution in [2.45, 2.75) is 58.2 Å². The molecule has 2 N–H and O–H groups in total. The lowest BCUT2D eigenvalue weighted by Gasteiger charge is -2.29. The first kappa shape index (κ1) is 21.2. The molecular weight excluding hydrogens is 386 g/mol. The molecule has 0 aromatic heterocycles. The minimum atomic E-state index is -0.742. The van der Waals surface area contributed by atoms with Crippen LogP contribution in [0.3, 0.4) is 0 Å². The number of dihydropyridines is 2. The Bertz CT molecular complexity index is 996. The number of hydrogen-bond donors (Lipinski definition) is 2. The van der Waals surface area contributed by atoms with Gasteiger partial charge in [0.15, 0.2) is 0 Å². The van der Waals surface area contributed by atoms with Crippen LogP contribution in [-0.2, 0) is 11.2 Å². The van der Waals surface area contributed by atoms with E-state index in [4.69, 9.17) is 4.74 Å². The van der Waals surface area contributed by atoms with Crippen LogP contribution in [0.4, 0.5) is 0 Å². The van der Waals surface area contributed by atoms with E-state index in [1.807, 2.05) is 38.4 Å². The van der Waals surface area contributed by atoms with Gasteiger partial charge in [-0.15, -0.1) is 0 Å². The predicted molar refractivity (Wildman–Crippen MR) is 126 cm³/mol. The van der Waals surface area contributed by atoms with Crippen LogP contribution in [0, 0.1) is 10.8 Å². The maximum absolute atomic E-state index is 11.3. The maximum atomic E-state index is 11.3. The molecule has 3 aliphatic rings. The maximum Gasteiger partial charge on any atom is 0.138 e. The third-order valence-corrected chi connectivity index (χ3v) is 6.32. The van der Waals surface area contributed by atoms with Gasteiger partial charge in [-0.25, -0.2) is 0 Å². The topological polar surface area (TPSA) is 62.7 Å². The summed E-state index contributed by atoms with van der Waals surface area (Å²) in [4.78, 5) is 11.3. The molecule has 162 valence electrons. The molecule has 5 nitrogen and oxygen atoms in total. The minimum Gasteiger partial charge on any atom is -0.458 e. The first-order valence-corrected chi connectivity index (χ1v) is 11.1. The van der Waals surface area contributed by atoms with Crippen LogP contribution >= 0.6 is 0 Å². The fourth-order valence-corrected chi connectivity index (χ4v) is 4.02. The minimum absolute atomic E-state index is 0.00497. The lowest BCUT2D eigenvalue weighted by Crippen LogP contribution is -2.43. The van der Waals surface area contributed by atoms with Gasteiger partial charge in [-0.2, -0.15) is 4.91 Å². The molecule has 3 heterocycles. The second-order valence-electron chi connectivity index (χ2n) is 9.15. The summed E-state index contributed by atoms with van der Waals surface area (Å²) in [6, 6.07) is 8.51. The predicted octanol–water partition coefficient (Wildman–Crippen LogP) is 5.34. The standard InChI is InChI=1S/C26H31N3O2/c1-5-17(2)14-18-6-8-19(9-7-18)23-16-22-25(31-23)21(11-13-27-22)20-10-12-28-24(15-20)26(3,4)29-30/h6-13,15-17,22,24,27-28H,5,14H2,1-4H3/t17-,22?,24?/m1/s1. The first-order chi connectivity index (χ1) is 14.9. The molecule has 31 heavy (non-hydrogen) atoms. The van der Waals surface area contributed by atoms with Gasteiger partial charge in [0, 0.05) is 11.1 Å². The number of fused-ring (bicyclic) bond motifs is 1. The Kier molecular flexibility index (Phi) is 5.86. The highest BCUT2D eigenvalue weighted by atomic mass is 16.5. The van der Waals surface area contributed by atoms with Crippen LogP contribution in [0.15, 0.2) is 83.1 Å². The van der Waals surface area contributed by atoms with Crippen molar-refractivity contribution in [2.24, 2.45) is 11.1 Å². The van der Waals surface area contributed by atoms with Crippen molar-refractivity contribution in [3.05, 3.63) is 93.9 Å². The average Bonchev–Trinajstić information content (AvgIpc) is 3.24. The molecular formula is C26H31N3O2. The van der Waals surface area contributed by atoms with Gasteiger partial charge in [-0.05, 0) is 68.0 Å². The molecule has 0 bridgehead atoms. The Balaban J connectivity index is 1.57. The number of benzene rings is 1. The van der Waals surface area contributed by atoms with Gasteiger partial charge >= 0.3 is 0 Å². The van der Waals surface area contributed by atoms with Gasteiger partial charge in [0.2, 0.25) is 0 Å². The van der Waals surface area contributed by atoms with E-state index in [2.05, 4.69) is 66.1 Å². The highest BCUT2D eigenvalue weighted by molar-refractivity contribution is 5.68. The monoisotopic (exact) mass is 417 g/mol. The van der Waals surface area contributed by atoms with Crippen molar-refractivity contribution in [3.8, 4) is 0 Å². The van der Waals surface area contributed by atoms with E-state index in [1.54, 1.807) is 0 Å². The average molecular weight is 418 g/mol. The smallest absolute Gasteiger partial charge is 0.138 e. The van der Waals surface area contributed by atoms with Crippen molar-refractivity contribution in [1.29, 1.82) is 0 Å². The van der Waals surface area contributed by atoms with Crippen LogP contribution < -0.4 is 10.6 Å².